The summed E-state index contributed by atoms with van der Waals surface area (Å²) in [6.45, 7) is 5.84. The Labute approximate surface area is 184 Å². The first-order valence-corrected chi connectivity index (χ1v) is 10.3. The molecular weight excluding hydrogens is 411 g/mol. The summed E-state index contributed by atoms with van der Waals surface area (Å²) in [6, 6.07) is 8.99. The third kappa shape index (κ3) is 4.03. The first-order valence-electron chi connectivity index (χ1n) is 10.3. The van der Waals surface area contributed by atoms with Gasteiger partial charge in [0.05, 0.1) is 11.4 Å². The maximum Gasteiger partial charge on any atom is 0.268 e. The standard InChI is InChI=1S/C24H23FN4O3/c1-14-4-9-21(15(2)26-14)27-23(31)22-20-10-11-28(16(3)30)12-17(20)13-29(24(22)32)19-7-5-18(25)6-8-19/h4-9,13H,10-12H2,1-3H3,(H,27,31). The fourth-order valence-electron chi connectivity index (χ4n) is 3.96. The average Bonchev–Trinajstić information content (AvgIpc) is 2.75. The summed E-state index contributed by atoms with van der Waals surface area (Å²) < 4.78 is 14.8. The summed E-state index contributed by atoms with van der Waals surface area (Å²) in [5, 5.41) is 2.81. The normalized spacial score (nSPS) is 12.9. The molecule has 0 bridgehead atoms. The lowest BCUT2D eigenvalue weighted by atomic mass is 9.95. The Hall–Kier alpha value is -3.81. The van der Waals surface area contributed by atoms with E-state index >= 15 is 0 Å². The second-order valence-corrected chi connectivity index (χ2v) is 7.89. The predicted molar refractivity (Wildman–Crippen MR) is 118 cm³/mol. The summed E-state index contributed by atoms with van der Waals surface area (Å²) in [4.78, 5) is 44.7. The number of aryl methyl sites for hydroxylation is 2. The minimum atomic E-state index is -0.535. The molecule has 7 nitrogen and oxygen atoms in total. The van der Waals surface area contributed by atoms with E-state index in [2.05, 4.69) is 10.3 Å². The molecule has 164 valence electrons. The molecule has 0 spiro atoms. The molecule has 3 heterocycles. The van der Waals surface area contributed by atoms with E-state index < -0.39 is 17.3 Å². The van der Waals surface area contributed by atoms with Crippen molar-refractivity contribution in [1.29, 1.82) is 0 Å². The molecule has 0 atom stereocenters. The van der Waals surface area contributed by atoms with E-state index in [4.69, 9.17) is 0 Å². The number of pyridine rings is 2. The van der Waals surface area contributed by atoms with Crippen molar-refractivity contribution in [3.8, 4) is 5.69 Å². The van der Waals surface area contributed by atoms with Crippen molar-refractivity contribution in [1.82, 2.24) is 14.5 Å². The predicted octanol–water partition coefficient (Wildman–Crippen LogP) is 3.15. The first kappa shape index (κ1) is 21.4. The van der Waals surface area contributed by atoms with E-state index in [1.165, 1.54) is 35.8 Å². The van der Waals surface area contributed by atoms with Gasteiger partial charge < -0.3 is 10.2 Å². The molecule has 8 heteroatoms. The van der Waals surface area contributed by atoms with Crippen molar-refractivity contribution in [2.45, 2.75) is 33.7 Å². The van der Waals surface area contributed by atoms with Gasteiger partial charge in [0.2, 0.25) is 5.91 Å². The Bertz CT molecular complexity index is 1280. The molecule has 0 fully saturated rings. The lowest BCUT2D eigenvalue weighted by Crippen LogP contribution is -2.39. The fraction of sp³-hybridized carbons (Fsp3) is 0.250. The summed E-state index contributed by atoms with van der Waals surface area (Å²) in [5.41, 5.74) is 3.27. The van der Waals surface area contributed by atoms with E-state index in [1.54, 1.807) is 30.2 Å². The highest BCUT2D eigenvalue weighted by Crippen LogP contribution is 2.23. The molecule has 2 aromatic heterocycles. The van der Waals surface area contributed by atoms with E-state index in [0.29, 0.717) is 41.2 Å². The van der Waals surface area contributed by atoms with E-state index in [0.717, 1.165) is 5.69 Å². The van der Waals surface area contributed by atoms with Gasteiger partial charge >= 0.3 is 0 Å². The number of anilines is 1. The number of fused-ring (bicyclic) bond motifs is 1. The lowest BCUT2D eigenvalue weighted by molar-refractivity contribution is -0.129. The number of rotatable bonds is 3. The van der Waals surface area contributed by atoms with Gasteiger partial charge in [0.25, 0.3) is 11.5 Å². The van der Waals surface area contributed by atoms with Crippen molar-refractivity contribution in [3.05, 3.63) is 86.8 Å². The molecule has 3 aromatic rings. The van der Waals surface area contributed by atoms with Gasteiger partial charge in [0.15, 0.2) is 0 Å². The van der Waals surface area contributed by atoms with Gasteiger partial charge in [0.1, 0.15) is 11.4 Å². The van der Waals surface area contributed by atoms with E-state index in [9.17, 15) is 18.8 Å². The average molecular weight is 434 g/mol. The van der Waals surface area contributed by atoms with Crippen molar-refractivity contribution in [2.24, 2.45) is 0 Å². The second kappa shape index (κ2) is 8.37. The van der Waals surface area contributed by atoms with Crippen molar-refractivity contribution in [2.75, 3.05) is 11.9 Å². The van der Waals surface area contributed by atoms with Crippen LogP contribution in [0.15, 0.2) is 47.4 Å². The van der Waals surface area contributed by atoms with Crippen LogP contribution in [0.2, 0.25) is 0 Å². The number of hydrogen-bond acceptors (Lipinski definition) is 4. The lowest BCUT2D eigenvalue weighted by Gasteiger charge is -2.29. The second-order valence-electron chi connectivity index (χ2n) is 7.89. The fourth-order valence-corrected chi connectivity index (χ4v) is 3.96. The van der Waals surface area contributed by atoms with Crippen LogP contribution in [0, 0.1) is 19.7 Å². The number of aromatic nitrogens is 2. The van der Waals surface area contributed by atoms with Crippen LogP contribution in [0.1, 0.15) is 39.8 Å². The van der Waals surface area contributed by atoms with Gasteiger partial charge in [-0.15, -0.1) is 0 Å². The van der Waals surface area contributed by atoms with Crippen molar-refractivity contribution in [3.63, 3.8) is 0 Å². The SMILES string of the molecule is CC(=O)N1CCc2c(cn(-c3ccc(F)cc3)c(=O)c2C(=O)Nc2ccc(C)nc2C)C1. The molecule has 4 rings (SSSR count). The minimum absolute atomic E-state index is 0.0232. The number of halogens is 1. The molecule has 1 aliphatic rings. The van der Waals surface area contributed by atoms with Gasteiger partial charge in [-0.05, 0) is 67.8 Å². The molecule has 0 aliphatic carbocycles. The Balaban J connectivity index is 1.84. The number of benzene rings is 1. The Morgan fingerprint density at radius 3 is 2.47 bits per heavy atom. The van der Waals surface area contributed by atoms with Gasteiger partial charge in [-0.2, -0.15) is 0 Å². The molecule has 0 unspecified atom stereocenters. The maximum absolute atomic E-state index is 13.4. The molecule has 32 heavy (non-hydrogen) atoms. The third-order valence-corrected chi connectivity index (χ3v) is 5.65. The zero-order chi connectivity index (χ0) is 23.0. The number of amides is 2. The van der Waals surface area contributed by atoms with Gasteiger partial charge in [-0.1, -0.05) is 0 Å². The quantitative estimate of drug-likeness (QED) is 0.686. The van der Waals surface area contributed by atoms with Crippen LogP contribution >= 0.6 is 0 Å². The number of carbonyl (C=O) groups is 2. The monoisotopic (exact) mass is 434 g/mol. The smallest absolute Gasteiger partial charge is 0.268 e. The van der Waals surface area contributed by atoms with E-state index in [-0.39, 0.29) is 18.0 Å². The summed E-state index contributed by atoms with van der Waals surface area (Å²) in [6.07, 6.45) is 2.03. The van der Waals surface area contributed by atoms with Gasteiger partial charge in [0, 0.05) is 37.6 Å². The maximum atomic E-state index is 13.4. The zero-order valence-corrected chi connectivity index (χ0v) is 18.1. The van der Waals surface area contributed by atoms with Gasteiger partial charge in [-0.25, -0.2) is 4.39 Å². The van der Waals surface area contributed by atoms with Crippen molar-refractivity contribution < 1.29 is 14.0 Å². The van der Waals surface area contributed by atoms with Crippen molar-refractivity contribution >= 4 is 17.5 Å². The Morgan fingerprint density at radius 2 is 1.81 bits per heavy atom. The molecule has 1 N–H and O–H groups in total. The number of nitrogens with zero attached hydrogens (tertiary/aromatic N) is 3. The van der Waals surface area contributed by atoms with Gasteiger partial charge in [-0.3, -0.25) is 23.9 Å². The topological polar surface area (TPSA) is 84.3 Å². The number of nitrogens with one attached hydrogen (secondary N) is 1. The van der Waals surface area contributed by atoms with Crippen LogP contribution in [0.3, 0.4) is 0 Å². The molecular formula is C24H23FN4O3. The largest absolute Gasteiger partial charge is 0.338 e. The summed E-state index contributed by atoms with van der Waals surface area (Å²) in [5.74, 6) is -1.04. The van der Waals surface area contributed by atoms with Crippen LogP contribution in [-0.2, 0) is 17.8 Å². The van der Waals surface area contributed by atoms with Crippen LogP contribution in [0.25, 0.3) is 5.69 Å². The highest BCUT2D eigenvalue weighted by molar-refractivity contribution is 6.05. The molecule has 0 saturated carbocycles. The molecule has 0 saturated heterocycles. The van der Waals surface area contributed by atoms with Crippen LogP contribution < -0.4 is 10.9 Å². The summed E-state index contributed by atoms with van der Waals surface area (Å²) >= 11 is 0. The molecule has 1 aliphatic heterocycles. The van der Waals surface area contributed by atoms with Crippen LogP contribution in [-0.4, -0.2) is 32.8 Å². The Morgan fingerprint density at radius 1 is 1.09 bits per heavy atom. The molecule has 1 aromatic carbocycles. The van der Waals surface area contributed by atoms with Crippen LogP contribution in [0.4, 0.5) is 10.1 Å². The summed E-state index contributed by atoms with van der Waals surface area (Å²) in [7, 11) is 0. The highest BCUT2D eigenvalue weighted by Gasteiger charge is 2.27. The molecule has 2 amide bonds. The van der Waals surface area contributed by atoms with Crippen LogP contribution in [0.5, 0.6) is 0 Å². The first-order chi connectivity index (χ1) is 15.2. The number of hydrogen-bond donors (Lipinski definition) is 1. The van der Waals surface area contributed by atoms with E-state index in [1.807, 2.05) is 6.92 Å². The third-order valence-electron chi connectivity index (χ3n) is 5.65. The highest BCUT2D eigenvalue weighted by atomic mass is 19.1. The molecule has 0 radical (unpaired) electrons. The zero-order valence-electron chi connectivity index (χ0n) is 18.1. The number of carbonyl (C=O) groups excluding carboxylic acids is 2. The minimum Gasteiger partial charge on any atom is -0.338 e. The Kier molecular flexibility index (Phi) is 5.61.